The predicted molar refractivity (Wildman–Crippen MR) is 108 cm³/mol. The first-order valence-corrected chi connectivity index (χ1v) is 10.1. The summed E-state index contributed by atoms with van der Waals surface area (Å²) in [4.78, 5) is 30.1. The monoisotopic (exact) mass is 410 g/mol. The van der Waals surface area contributed by atoms with E-state index in [4.69, 9.17) is 9.15 Å². The van der Waals surface area contributed by atoms with Gasteiger partial charge in [-0.2, -0.15) is 0 Å². The molecule has 1 amide bonds. The molecule has 8 heteroatoms. The number of hydrogen-bond donors (Lipinski definition) is 1. The van der Waals surface area contributed by atoms with Crippen LogP contribution in [0.4, 0.5) is 5.69 Å². The van der Waals surface area contributed by atoms with Crippen molar-refractivity contribution in [2.75, 3.05) is 5.32 Å². The molecule has 0 bridgehead atoms. The maximum absolute atomic E-state index is 12.2. The van der Waals surface area contributed by atoms with E-state index in [1.54, 1.807) is 30.3 Å². The third-order valence-electron chi connectivity index (χ3n) is 3.76. The second-order valence-electron chi connectivity index (χ2n) is 5.71. The number of carbonyl (C=O) groups excluding carboxylic acids is 2. The number of amides is 1. The molecule has 0 atom stereocenters. The molecule has 0 saturated heterocycles. The third-order valence-corrected chi connectivity index (χ3v) is 5.48. The largest absolute Gasteiger partial charge is 0.455 e. The van der Waals surface area contributed by atoms with Crippen LogP contribution in [0.1, 0.15) is 25.7 Å². The Hall–Kier alpha value is -3.23. The number of rotatable bonds is 6. The first kappa shape index (κ1) is 18.1. The Labute approximate surface area is 168 Å². The minimum absolute atomic E-state index is 0.0184. The van der Waals surface area contributed by atoms with Crippen molar-refractivity contribution in [3.63, 3.8) is 0 Å². The van der Waals surface area contributed by atoms with Gasteiger partial charge in [0.25, 0.3) is 5.91 Å². The Bertz CT molecular complexity index is 1070. The van der Waals surface area contributed by atoms with Gasteiger partial charge in [-0.15, -0.1) is 22.7 Å². The van der Waals surface area contributed by atoms with Gasteiger partial charge < -0.3 is 14.5 Å². The molecule has 1 aromatic carbocycles. The fraction of sp³-hybridized carbons (Fsp3) is 0.0500. The summed E-state index contributed by atoms with van der Waals surface area (Å²) in [7, 11) is 0. The fourth-order valence-electron chi connectivity index (χ4n) is 2.40. The third kappa shape index (κ3) is 4.19. The first-order valence-electron chi connectivity index (χ1n) is 8.29. The lowest BCUT2D eigenvalue weighted by Gasteiger charge is -2.06. The molecule has 4 rings (SSSR count). The van der Waals surface area contributed by atoms with Crippen molar-refractivity contribution in [3.05, 3.63) is 81.7 Å². The van der Waals surface area contributed by atoms with Crippen LogP contribution in [0, 0.1) is 0 Å². The highest BCUT2D eigenvalue weighted by molar-refractivity contribution is 7.13. The SMILES string of the molecule is O=C(OCc1coc(-c2cccs2)n1)c1ccc(NC(=O)c2cccs2)cc1. The zero-order valence-electron chi connectivity index (χ0n) is 14.5. The number of ether oxygens (including phenoxy) is 1. The van der Waals surface area contributed by atoms with E-state index in [0.29, 0.717) is 27.7 Å². The van der Waals surface area contributed by atoms with Crippen molar-refractivity contribution >= 4 is 40.2 Å². The number of nitrogens with one attached hydrogen (secondary N) is 1. The lowest BCUT2D eigenvalue weighted by Crippen LogP contribution is -2.10. The van der Waals surface area contributed by atoms with Gasteiger partial charge in [0.1, 0.15) is 18.6 Å². The van der Waals surface area contributed by atoms with Crippen LogP contribution in [0.25, 0.3) is 10.8 Å². The molecule has 0 unspecified atom stereocenters. The van der Waals surface area contributed by atoms with Crippen LogP contribution in [0.2, 0.25) is 0 Å². The van der Waals surface area contributed by atoms with Crippen LogP contribution in [-0.2, 0) is 11.3 Å². The van der Waals surface area contributed by atoms with E-state index in [9.17, 15) is 9.59 Å². The number of hydrogen-bond acceptors (Lipinski definition) is 7. The second-order valence-corrected chi connectivity index (χ2v) is 7.60. The number of nitrogens with zero attached hydrogens (tertiary/aromatic N) is 1. The van der Waals surface area contributed by atoms with Gasteiger partial charge in [-0.05, 0) is 47.2 Å². The molecule has 28 heavy (non-hydrogen) atoms. The number of benzene rings is 1. The number of aromatic nitrogens is 1. The Morgan fingerprint density at radius 2 is 1.82 bits per heavy atom. The van der Waals surface area contributed by atoms with E-state index in [2.05, 4.69) is 10.3 Å². The van der Waals surface area contributed by atoms with Crippen LogP contribution in [-0.4, -0.2) is 16.9 Å². The number of anilines is 1. The Balaban J connectivity index is 1.33. The van der Waals surface area contributed by atoms with Crippen molar-refractivity contribution in [1.82, 2.24) is 4.98 Å². The average Bonchev–Trinajstić information content (AvgIpc) is 3.49. The van der Waals surface area contributed by atoms with Crippen molar-refractivity contribution in [3.8, 4) is 10.8 Å². The number of thiophene rings is 2. The first-order chi connectivity index (χ1) is 13.7. The molecule has 0 spiro atoms. The Morgan fingerprint density at radius 3 is 2.54 bits per heavy atom. The van der Waals surface area contributed by atoms with Gasteiger partial charge in [0.05, 0.1) is 15.3 Å². The fourth-order valence-corrected chi connectivity index (χ4v) is 3.67. The summed E-state index contributed by atoms with van der Waals surface area (Å²) in [5.74, 6) is -0.151. The van der Waals surface area contributed by atoms with Crippen LogP contribution in [0.15, 0.2) is 70.0 Å². The molecule has 0 aliphatic rings. The highest BCUT2D eigenvalue weighted by Gasteiger charge is 2.12. The zero-order chi connectivity index (χ0) is 19.3. The quantitative estimate of drug-likeness (QED) is 0.449. The Morgan fingerprint density at radius 1 is 1.04 bits per heavy atom. The maximum Gasteiger partial charge on any atom is 0.338 e. The van der Waals surface area contributed by atoms with Crippen molar-refractivity contribution < 1.29 is 18.7 Å². The number of oxazole rings is 1. The molecule has 0 aliphatic heterocycles. The molecule has 6 nitrogen and oxygen atoms in total. The van der Waals surface area contributed by atoms with E-state index in [1.807, 2.05) is 29.0 Å². The minimum Gasteiger partial charge on any atom is -0.455 e. The highest BCUT2D eigenvalue weighted by atomic mass is 32.1. The molecule has 1 N–H and O–H groups in total. The molecular formula is C20H14N2O4S2. The predicted octanol–water partition coefficient (Wildman–Crippen LogP) is 5.07. The average molecular weight is 410 g/mol. The van der Waals surface area contributed by atoms with E-state index in [0.717, 1.165) is 4.88 Å². The summed E-state index contributed by atoms with van der Waals surface area (Å²) in [6, 6.07) is 13.9. The zero-order valence-corrected chi connectivity index (χ0v) is 16.1. The van der Waals surface area contributed by atoms with Crippen LogP contribution >= 0.6 is 22.7 Å². The van der Waals surface area contributed by atoms with Crippen LogP contribution < -0.4 is 5.32 Å². The smallest absolute Gasteiger partial charge is 0.338 e. The molecule has 0 aliphatic carbocycles. The molecule has 0 radical (unpaired) electrons. The van der Waals surface area contributed by atoms with Crippen LogP contribution in [0.5, 0.6) is 0 Å². The number of esters is 1. The van der Waals surface area contributed by atoms with Crippen molar-refractivity contribution in [1.29, 1.82) is 0 Å². The second kappa shape index (κ2) is 8.20. The molecule has 140 valence electrons. The topological polar surface area (TPSA) is 81.4 Å². The van der Waals surface area contributed by atoms with E-state index in [1.165, 1.54) is 28.9 Å². The normalized spacial score (nSPS) is 10.6. The summed E-state index contributed by atoms with van der Waals surface area (Å²) in [6.45, 7) is 0.0184. The minimum atomic E-state index is -0.475. The maximum atomic E-state index is 12.2. The van der Waals surface area contributed by atoms with Gasteiger partial charge in [-0.3, -0.25) is 4.79 Å². The summed E-state index contributed by atoms with van der Waals surface area (Å²) in [6.07, 6.45) is 1.48. The van der Waals surface area contributed by atoms with Gasteiger partial charge in [0.15, 0.2) is 0 Å². The summed E-state index contributed by atoms with van der Waals surface area (Å²) >= 11 is 2.89. The van der Waals surface area contributed by atoms with Gasteiger partial charge in [0, 0.05) is 5.69 Å². The summed E-state index contributed by atoms with van der Waals surface area (Å²) in [5.41, 5.74) is 1.53. The Kier molecular flexibility index (Phi) is 5.31. The molecular weight excluding hydrogens is 396 g/mol. The molecule has 3 aromatic heterocycles. The summed E-state index contributed by atoms with van der Waals surface area (Å²) in [5, 5.41) is 6.56. The highest BCUT2D eigenvalue weighted by Crippen LogP contribution is 2.24. The molecule has 3 heterocycles. The summed E-state index contributed by atoms with van der Waals surface area (Å²) < 4.78 is 10.7. The molecule has 0 saturated carbocycles. The standard InChI is InChI=1S/C20H14N2O4S2/c23-18(16-3-1-9-27-16)21-14-7-5-13(6-8-14)20(24)26-12-15-11-25-19(22-15)17-4-2-10-28-17/h1-11H,12H2,(H,21,23). The molecule has 4 aromatic rings. The van der Waals surface area contributed by atoms with E-state index >= 15 is 0 Å². The van der Waals surface area contributed by atoms with Crippen molar-refractivity contribution in [2.45, 2.75) is 6.61 Å². The van der Waals surface area contributed by atoms with E-state index < -0.39 is 5.97 Å². The molecule has 0 fully saturated rings. The van der Waals surface area contributed by atoms with Gasteiger partial charge in [0.2, 0.25) is 5.89 Å². The van der Waals surface area contributed by atoms with Gasteiger partial charge >= 0.3 is 5.97 Å². The lowest BCUT2D eigenvalue weighted by molar-refractivity contribution is 0.0467. The van der Waals surface area contributed by atoms with Gasteiger partial charge in [-0.25, -0.2) is 9.78 Å². The lowest BCUT2D eigenvalue weighted by atomic mass is 10.2. The van der Waals surface area contributed by atoms with E-state index in [-0.39, 0.29) is 12.5 Å². The number of carbonyl (C=O) groups is 2. The van der Waals surface area contributed by atoms with Gasteiger partial charge in [-0.1, -0.05) is 12.1 Å². The van der Waals surface area contributed by atoms with Crippen molar-refractivity contribution in [2.24, 2.45) is 0 Å². The van der Waals surface area contributed by atoms with Crippen LogP contribution in [0.3, 0.4) is 0 Å².